The van der Waals surface area contributed by atoms with Gasteiger partial charge in [0.05, 0.1) is 0 Å². The van der Waals surface area contributed by atoms with Crippen LogP contribution in [0.25, 0.3) is 0 Å². The zero-order valence-electron chi connectivity index (χ0n) is 13.3. The second-order valence-electron chi connectivity index (χ2n) is 5.34. The number of amides is 2. The number of rotatable bonds is 7. The summed E-state index contributed by atoms with van der Waals surface area (Å²) in [6.07, 6.45) is 1.44. The van der Waals surface area contributed by atoms with Crippen LogP contribution >= 0.6 is 0 Å². The summed E-state index contributed by atoms with van der Waals surface area (Å²) in [4.78, 5) is 23.2. The van der Waals surface area contributed by atoms with Crippen LogP contribution < -0.4 is 16.2 Å². The molecular formula is C17H21N3O3. The minimum Gasteiger partial charge on any atom is -0.483 e. The smallest absolute Gasteiger partial charge is 0.269 e. The third-order valence-electron chi connectivity index (χ3n) is 3.68. The number of hydrogen-bond acceptors (Lipinski definition) is 3. The monoisotopic (exact) mass is 315 g/mol. The van der Waals surface area contributed by atoms with Crippen molar-refractivity contribution in [3.8, 4) is 5.75 Å². The van der Waals surface area contributed by atoms with E-state index in [4.69, 9.17) is 16.2 Å². The highest BCUT2D eigenvalue weighted by Crippen LogP contribution is 2.30. The molecule has 6 heteroatoms. The topological polar surface area (TPSA) is 100 Å². The normalized spacial score (nSPS) is 11.9. The number of nitrogens with zero attached hydrogens (tertiary/aromatic N) is 1. The van der Waals surface area contributed by atoms with Crippen molar-refractivity contribution in [2.24, 2.45) is 18.5 Å². The predicted octanol–water partition coefficient (Wildman–Crippen LogP) is 2.14. The second kappa shape index (κ2) is 7.00. The quantitative estimate of drug-likeness (QED) is 0.818. The highest BCUT2D eigenvalue weighted by atomic mass is 16.5. The van der Waals surface area contributed by atoms with E-state index in [2.05, 4.69) is 0 Å². The molecule has 2 rings (SSSR count). The third kappa shape index (κ3) is 3.53. The van der Waals surface area contributed by atoms with E-state index in [0.717, 1.165) is 18.4 Å². The van der Waals surface area contributed by atoms with Gasteiger partial charge in [0, 0.05) is 13.1 Å². The third-order valence-corrected chi connectivity index (χ3v) is 3.68. The molecule has 4 N–H and O–H groups in total. The molecule has 122 valence electrons. The van der Waals surface area contributed by atoms with Crippen LogP contribution in [0.1, 0.15) is 52.4 Å². The van der Waals surface area contributed by atoms with Gasteiger partial charge in [-0.3, -0.25) is 9.59 Å². The summed E-state index contributed by atoms with van der Waals surface area (Å²) in [6.45, 7) is 2.05. The van der Waals surface area contributed by atoms with Crippen LogP contribution in [-0.2, 0) is 7.05 Å². The van der Waals surface area contributed by atoms with E-state index in [1.54, 1.807) is 7.05 Å². The Balaban J connectivity index is 2.42. The van der Waals surface area contributed by atoms with Crippen LogP contribution in [0.4, 0.5) is 0 Å². The maximum absolute atomic E-state index is 11.7. The summed E-state index contributed by atoms with van der Waals surface area (Å²) in [5.41, 5.74) is 12.1. The number of aromatic nitrogens is 1. The molecule has 0 bridgehead atoms. The van der Waals surface area contributed by atoms with E-state index in [0.29, 0.717) is 0 Å². The molecule has 1 unspecified atom stereocenters. The first kappa shape index (κ1) is 16.6. The first-order valence-electron chi connectivity index (χ1n) is 7.46. The van der Waals surface area contributed by atoms with Crippen LogP contribution in [0.2, 0.25) is 0 Å². The fourth-order valence-electron chi connectivity index (χ4n) is 2.56. The van der Waals surface area contributed by atoms with Crippen molar-refractivity contribution < 1.29 is 14.3 Å². The van der Waals surface area contributed by atoms with Crippen molar-refractivity contribution in [1.29, 1.82) is 0 Å². The lowest BCUT2D eigenvalue weighted by Gasteiger charge is -2.19. The summed E-state index contributed by atoms with van der Waals surface area (Å²) in [5.74, 6) is -1.04. The largest absolute Gasteiger partial charge is 0.483 e. The number of hydrogen-bond donors (Lipinski definition) is 2. The van der Waals surface area contributed by atoms with Crippen LogP contribution in [-0.4, -0.2) is 16.4 Å². The van der Waals surface area contributed by atoms with E-state index >= 15 is 0 Å². The number of ether oxygens (including phenoxy) is 1. The fourth-order valence-corrected chi connectivity index (χ4v) is 2.56. The van der Waals surface area contributed by atoms with Gasteiger partial charge in [-0.15, -0.1) is 0 Å². The van der Waals surface area contributed by atoms with Crippen LogP contribution in [0, 0.1) is 0 Å². The van der Waals surface area contributed by atoms with Gasteiger partial charge in [-0.05, 0) is 12.0 Å². The van der Waals surface area contributed by atoms with Crippen molar-refractivity contribution >= 4 is 11.8 Å². The SMILES string of the molecule is CCCC(Oc1cc(C(N)=O)n(C)c1C(N)=O)c1ccccc1. The molecule has 23 heavy (non-hydrogen) atoms. The summed E-state index contributed by atoms with van der Waals surface area (Å²) < 4.78 is 7.38. The molecule has 0 saturated heterocycles. The molecule has 0 aliphatic heterocycles. The molecule has 0 aliphatic rings. The molecule has 1 aromatic heterocycles. The lowest BCUT2D eigenvalue weighted by Crippen LogP contribution is -2.21. The minimum atomic E-state index is -0.668. The Morgan fingerprint density at radius 2 is 1.83 bits per heavy atom. The first-order chi connectivity index (χ1) is 11.0. The van der Waals surface area contributed by atoms with Gasteiger partial charge in [-0.1, -0.05) is 43.7 Å². The molecule has 1 aromatic carbocycles. The van der Waals surface area contributed by atoms with E-state index in [9.17, 15) is 9.59 Å². The molecule has 6 nitrogen and oxygen atoms in total. The van der Waals surface area contributed by atoms with Crippen molar-refractivity contribution in [3.05, 3.63) is 53.3 Å². The average Bonchev–Trinajstić information content (AvgIpc) is 2.84. The Morgan fingerprint density at radius 3 is 2.35 bits per heavy atom. The van der Waals surface area contributed by atoms with Gasteiger partial charge in [-0.25, -0.2) is 0 Å². The highest BCUT2D eigenvalue weighted by Gasteiger charge is 2.23. The van der Waals surface area contributed by atoms with Gasteiger partial charge < -0.3 is 20.8 Å². The second-order valence-corrected chi connectivity index (χ2v) is 5.34. The van der Waals surface area contributed by atoms with E-state index < -0.39 is 11.8 Å². The van der Waals surface area contributed by atoms with Crippen molar-refractivity contribution in [1.82, 2.24) is 4.57 Å². The number of benzene rings is 1. The Kier molecular flexibility index (Phi) is 5.05. The Labute approximate surface area is 135 Å². The van der Waals surface area contributed by atoms with E-state index in [1.165, 1.54) is 10.6 Å². The lowest BCUT2D eigenvalue weighted by molar-refractivity contribution is 0.0983. The molecule has 1 heterocycles. The Bertz CT molecular complexity index is 707. The van der Waals surface area contributed by atoms with E-state index in [-0.39, 0.29) is 23.2 Å². The van der Waals surface area contributed by atoms with Crippen LogP contribution in [0.5, 0.6) is 5.75 Å². The highest BCUT2D eigenvalue weighted by molar-refractivity contribution is 5.99. The first-order valence-corrected chi connectivity index (χ1v) is 7.46. The molecular weight excluding hydrogens is 294 g/mol. The summed E-state index contributed by atoms with van der Waals surface area (Å²) >= 11 is 0. The average molecular weight is 315 g/mol. The number of carbonyl (C=O) groups is 2. The zero-order valence-corrected chi connectivity index (χ0v) is 13.3. The Morgan fingerprint density at radius 1 is 1.17 bits per heavy atom. The maximum Gasteiger partial charge on any atom is 0.269 e. The summed E-state index contributed by atoms with van der Waals surface area (Å²) in [5, 5.41) is 0. The molecule has 2 aromatic rings. The lowest BCUT2D eigenvalue weighted by atomic mass is 10.1. The molecule has 2 amide bonds. The molecule has 1 atom stereocenters. The summed E-state index contributed by atoms with van der Waals surface area (Å²) in [7, 11) is 1.56. The van der Waals surface area contributed by atoms with E-state index in [1.807, 2.05) is 37.3 Å². The van der Waals surface area contributed by atoms with Gasteiger partial charge in [0.2, 0.25) is 0 Å². The fraction of sp³-hybridized carbons (Fsp3) is 0.294. The number of primary amides is 2. The molecule has 0 aliphatic carbocycles. The van der Waals surface area contributed by atoms with Gasteiger partial charge in [-0.2, -0.15) is 0 Å². The van der Waals surface area contributed by atoms with Gasteiger partial charge in [0.15, 0.2) is 5.75 Å². The maximum atomic E-state index is 11.7. The number of carbonyl (C=O) groups excluding carboxylic acids is 2. The van der Waals surface area contributed by atoms with Crippen molar-refractivity contribution in [2.75, 3.05) is 0 Å². The van der Waals surface area contributed by atoms with Crippen molar-refractivity contribution in [2.45, 2.75) is 25.9 Å². The molecule has 0 spiro atoms. The summed E-state index contributed by atoms with van der Waals surface area (Å²) in [6, 6.07) is 11.2. The molecule has 0 radical (unpaired) electrons. The Hall–Kier alpha value is -2.76. The standard InChI is InChI=1S/C17H21N3O3/c1-3-7-13(11-8-5-4-6-9-11)23-14-10-12(16(18)21)20(2)15(14)17(19)22/h4-6,8-10,13H,3,7H2,1-2H3,(H2,18,21)(H2,19,22). The van der Waals surface area contributed by atoms with Crippen molar-refractivity contribution in [3.63, 3.8) is 0 Å². The molecule has 0 fully saturated rings. The molecule has 0 saturated carbocycles. The van der Waals surface area contributed by atoms with Gasteiger partial charge in [0.1, 0.15) is 17.5 Å². The van der Waals surface area contributed by atoms with Crippen LogP contribution in [0.15, 0.2) is 36.4 Å². The number of nitrogens with two attached hydrogens (primary N) is 2. The van der Waals surface area contributed by atoms with Gasteiger partial charge >= 0.3 is 0 Å². The van der Waals surface area contributed by atoms with Gasteiger partial charge in [0.25, 0.3) is 11.8 Å². The van der Waals surface area contributed by atoms with Crippen LogP contribution in [0.3, 0.4) is 0 Å². The minimum absolute atomic E-state index is 0.135. The zero-order chi connectivity index (χ0) is 17.0. The predicted molar refractivity (Wildman–Crippen MR) is 87.2 cm³/mol.